The van der Waals surface area contributed by atoms with Crippen molar-refractivity contribution in [1.82, 2.24) is 9.78 Å². The zero-order chi connectivity index (χ0) is 28.1. The van der Waals surface area contributed by atoms with E-state index in [9.17, 15) is 0 Å². The Kier molecular flexibility index (Phi) is 6.43. The fraction of sp³-hybridized carbons (Fsp3) is 0.200. The summed E-state index contributed by atoms with van der Waals surface area (Å²) in [5.41, 5.74) is 16.5. The lowest BCUT2D eigenvalue weighted by molar-refractivity contribution is 0.345. The molecule has 0 spiro atoms. The maximum Gasteiger partial charge on any atom is 0.122 e. The maximum absolute atomic E-state index is 8.12. The molecule has 0 bridgehead atoms. The summed E-state index contributed by atoms with van der Waals surface area (Å²) < 4.78 is 2.06. The Morgan fingerprint density at radius 1 is 0.951 bits per heavy atom. The maximum atomic E-state index is 8.12. The van der Waals surface area contributed by atoms with Crippen LogP contribution in [0.1, 0.15) is 51.8 Å². The molecule has 2 aliphatic rings. The van der Waals surface area contributed by atoms with Crippen molar-refractivity contribution in [2.45, 2.75) is 41.6 Å². The molecule has 4 N–H and O–H groups in total. The predicted molar refractivity (Wildman–Crippen MR) is 168 cm³/mol. The standard InChI is InChI=1S/C35H33N5S/c1-21-12-16-25(17-13-21)41-35-31(32(39-40(35)2)23-9-4-3-5-10-23)33-27-18-14-22-8-6-7-11-26(22)30(27)28-20-24(34(36)37)15-19-29(28)38-33/h3-13,15-17,19-20,27,30,33,38H,14,18H2,1-2H3,(H3,36,37). The van der Waals surface area contributed by atoms with Crippen LogP contribution >= 0.6 is 11.8 Å². The number of nitrogen functional groups attached to an aromatic ring is 1. The summed E-state index contributed by atoms with van der Waals surface area (Å²) in [5, 5.41) is 18.4. The molecule has 4 aromatic carbocycles. The highest BCUT2D eigenvalue weighted by molar-refractivity contribution is 7.99. The minimum Gasteiger partial charge on any atom is -0.384 e. The Hall–Kier alpha value is -4.29. The molecule has 204 valence electrons. The number of amidine groups is 1. The van der Waals surface area contributed by atoms with Gasteiger partial charge in [0.15, 0.2) is 0 Å². The van der Waals surface area contributed by atoms with Crippen molar-refractivity contribution in [3.8, 4) is 11.3 Å². The van der Waals surface area contributed by atoms with Crippen LogP contribution in [-0.2, 0) is 13.5 Å². The van der Waals surface area contributed by atoms with Crippen molar-refractivity contribution >= 4 is 23.3 Å². The van der Waals surface area contributed by atoms with Crippen LogP contribution in [0.4, 0.5) is 5.69 Å². The monoisotopic (exact) mass is 555 g/mol. The Labute approximate surface area is 245 Å². The summed E-state index contributed by atoms with van der Waals surface area (Å²) in [6, 6.07) is 34.4. The van der Waals surface area contributed by atoms with E-state index in [4.69, 9.17) is 16.2 Å². The Morgan fingerprint density at radius 3 is 2.49 bits per heavy atom. The van der Waals surface area contributed by atoms with Crippen LogP contribution < -0.4 is 11.1 Å². The van der Waals surface area contributed by atoms with E-state index in [1.165, 1.54) is 32.7 Å². The van der Waals surface area contributed by atoms with Crippen LogP contribution in [0.2, 0.25) is 0 Å². The van der Waals surface area contributed by atoms with Crippen LogP contribution in [0, 0.1) is 18.3 Å². The lowest BCUT2D eigenvalue weighted by Crippen LogP contribution is -2.36. The van der Waals surface area contributed by atoms with E-state index in [0.29, 0.717) is 5.92 Å². The fourth-order valence-electron chi connectivity index (χ4n) is 6.68. The number of hydrogen-bond donors (Lipinski definition) is 3. The van der Waals surface area contributed by atoms with Gasteiger partial charge in [-0.25, -0.2) is 0 Å². The summed E-state index contributed by atoms with van der Waals surface area (Å²) in [6.07, 6.45) is 2.10. The van der Waals surface area contributed by atoms with Gasteiger partial charge in [-0.1, -0.05) is 84.1 Å². The van der Waals surface area contributed by atoms with Gasteiger partial charge in [0.25, 0.3) is 0 Å². The quantitative estimate of drug-likeness (QED) is 0.153. The number of nitrogens with zero attached hydrogens (tertiary/aromatic N) is 2. The third kappa shape index (κ3) is 4.52. The average molecular weight is 556 g/mol. The second kappa shape index (κ2) is 10.3. The molecule has 6 heteroatoms. The third-order valence-corrected chi connectivity index (χ3v) is 9.81. The molecule has 5 nitrogen and oxygen atoms in total. The summed E-state index contributed by atoms with van der Waals surface area (Å²) in [6.45, 7) is 2.12. The van der Waals surface area contributed by atoms with E-state index in [0.717, 1.165) is 40.4 Å². The minimum absolute atomic E-state index is 0.0564. The Balaban J connectivity index is 1.44. The van der Waals surface area contributed by atoms with Gasteiger partial charge >= 0.3 is 0 Å². The first kappa shape index (κ1) is 25.7. The van der Waals surface area contributed by atoms with E-state index < -0.39 is 0 Å². The third-order valence-electron chi connectivity index (χ3n) is 8.63. The largest absolute Gasteiger partial charge is 0.384 e. The van der Waals surface area contributed by atoms with E-state index in [1.807, 2.05) is 6.07 Å². The predicted octanol–water partition coefficient (Wildman–Crippen LogP) is 7.69. The first-order chi connectivity index (χ1) is 20.0. The van der Waals surface area contributed by atoms with Gasteiger partial charge in [-0.05, 0) is 72.7 Å². The molecule has 1 aliphatic heterocycles. The Morgan fingerprint density at radius 2 is 1.71 bits per heavy atom. The molecular formula is C35H33N5S. The molecule has 5 aromatic rings. The first-order valence-electron chi connectivity index (χ1n) is 14.2. The fourth-order valence-corrected chi connectivity index (χ4v) is 7.68. The topological polar surface area (TPSA) is 79.7 Å². The van der Waals surface area contributed by atoms with Crippen LogP contribution in [0.15, 0.2) is 107 Å². The van der Waals surface area contributed by atoms with Crippen molar-refractivity contribution in [1.29, 1.82) is 5.41 Å². The molecule has 0 saturated heterocycles. The van der Waals surface area contributed by atoms with Crippen LogP contribution in [0.25, 0.3) is 11.3 Å². The highest BCUT2D eigenvalue weighted by Gasteiger charge is 2.44. The normalized spacial score (nSPS) is 19.0. The van der Waals surface area contributed by atoms with Gasteiger partial charge in [0.2, 0.25) is 0 Å². The van der Waals surface area contributed by atoms with Gasteiger partial charge in [0.05, 0.1) is 11.7 Å². The average Bonchev–Trinajstić information content (AvgIpc) is 3.32. The zero-order valence-electron chi connectivity index (χ0n) is 23.3. The molecule has 7 rings (SSSR count). The van der Waals surface area contributed by atoms with Crippen molar-refractivity contribution in [2.24, 2.45) is 18.7 Å². The number of hydrogen-bond acceptors (Lipinski definition) is 4. The highest BCUT2D eigenvalue weighted by atomic mass is 32.2. The van der Waals surface area contributed by atoms with Gasteiger partial charge < -0.3 is 11.1 Å². The molecule has 0 radical (unpaired) electrons. The number of nitrogens with one attached hydrogen (secondary N) is 2. The summed E-state index contributed by atoms with van der Waals surface area (Å²) in [7, 11) is 2.07. The minimum atomic E-state index is 0.0564. The lowest BCUT2D eigenvalue weighted by Gasteiger charge is -2.45. The smallest absolute Gasteiger partial charge is 0.122 e. The number of rotatable bonds is 5. The highest BCUT2D eigenvalue weighted by Crippen LogP contribution is 2.55. The summed E-state index contributed by atoms with van der Waals surface area (Å²) >= 11 is 1.79. The second-order valence-electron chi connectivity index (χ2n) is 11.2. The van der Waals surface area contributed by atoms with Gasteiger partial charge in [0.1, 0.15) is 10.9 Å². The molecule has 0 fully saturated rings. The zero-order valence-corrected chi connectivity index (χ0v) is 24.1. The van der Waals surface area contributed by atoms with Gasteiger partial charge in [0, 0.05) is 40.2 Å². The molecule has 3 unspecified atom stereocenters. The molecular weight excluding hydrogens is 522 g/mol. The van der Waals surface area contributed by atoms with Crippen LogP contribution in [0.5, 0.6) is 0 Å². The number of aromatic nitrogens is 2. The second-order valence-corrected chi connectivity index (χ2v) is 12.3. The van der Waals surface area contributed by atoms with Crippen LogP contribution in [-0.4, -0.2) is 15.6 Å². The Bertz CT molecular complexity index is 1760. The molecule has 0 saturated carbocycles. The lowest BCUT2D eigenvalue weighted by atomic mass is 9.65. The SMILES string of the molecule is Cc1ccc(Sc2c(C3Nc4ccc(C(=N)N)cc4C4c5ccccc5CCC34)c(-c3ccccc3)nn2C)cc1. The van der Waals surface area contributed by atoms with E-state index in [-0.39, 0.29) is 17.8 Å². The molecule has 41 heavy (non-hydrogen) atoms. The van der Waals surface area contributed by atoms with E-state index >= 15 is 0 Å². The molecule has 0 amide bonds. The number of nitrogens with two attached hydrogens (primary N) is 1. The number of benzene rings is 4. The summed E-state index contributed by atoms with van der Waals surface area (Å²) in [4.78, 5) is 1.20. The number of anilines is 1. The van der Waals surface area contributed by atoms with Gasteiger partial charge in [-0.15, -0.1) is 0 Å². The van der Waals surface area contributed by atoms with Crippen molar-refractivity contribution in [2.75, 3.05) is 5.32 Å². The molecule has 2 heterocycles. The molecule has 1 aliphatic carbocycles. The van der Waals surface area contributed by atoms with E-state index in [2.05, 4.69) is 115 Å². The first-order valence-corrected chi connectivity index (χ1v) is 15.0. The van der Waals surface area contributed by atoms with Gasteiger partial charge in [-0.2, -0.15) is 5.10 Å². The van der Waals surface area contributed by atoms with Crippen LogP contribution in [0.3, 0.4) is 0 Å². The summed E-state index contributed by atoms with van der Waals surface area (Å²) in [5.74, 6) is 0.608. The van der Waals surface area contributed by atoms with Crippen molar-refractivity contribution in [3.05, 3.63) is 130 Å². The van der Waals surface area contributed by atoms with Crippen molar-refractivity contribution < 1.29 is 0 Å². The molecule has 3 atom stereocenters. The van der Waals surface area contributed by atoms with E-state index in [1.54, 1.807) is 11.8 Å². The number of aryl methyl sites for hydroxylation is 3. The molecule has 1 aromatic heterocycles. The van der Waals surface area contributed by atoms with Gasteiger partial charge in [-0.3, -0.25) is 10.1 Å². The van der Waals surface area contributed by atoms with Crippen molar-refractivity contribution in [3.63, 3.8) is 0 Å². The number of fused-ring (bicyclic) bond motifs is 5.